The van der Waals surface area contributed by atoms with E-state index in [-0.39, 0.29) is 12.3 Å². The van der Waals surface area contributed by atoms with Crippen LogP contribution in [-0.2, 0) is 11.2 Å². The molecule has 0 fully saturated rings. The number of halogens is 1. The Balaban J connectivity index is 2.06. The smallest absolute Gasteiger partial charge is 0.228 e. The summed E-state index contributed by atoms with van der Waals surface area (Å²) in [7, 11) is 0. The summed E-state index contributed by atoms with van der Waals surface area (Å²) in [5.41, 5.74) is 1.43. The average molecular weight is 302 g/mol. The second-order valence-electron chi connectivity index (χ2n) is 4.41. The van der Waals surface area contributed by atoms with Crippen LogP contribution in [0.5, 0.6) is 5.75 Å². The number of para-hydroxylation sites is 2. The predicted molar refractivity (Wildman–Crippen MR) is 85.9 cm³/mol. The third-order valence-electron chi connectivity index (χ3n) is 2.83. The minimum absolute atomic E-state index is 0.141. The molecule has 2 aromatic carbocycles. The summed E-state index contributed by atoms with van der Waals surface area (Å²) in [4.78, 5) is 12.1. The van der Waals surface area contributed by atoms with Crippen molar-refractivity contribution in [3.63, 3.8) is 0 Å². The largest absolute Gasteiger partial charge is 0.487 e. The molecular weight excluding hydrogens is 286 g/mol. The van der Waals surface area contributed by atoms with Gasteiger partial charge in [0.2, 0.25) is 5.91 Å². The molecular formula is C17H16ClNO2. The first-order chi connectivity index (χ1) is 10.2. The number of hydrogen-bond donors (Lipinski definition) is 1. The Morgan fingerprint density at radius 1 is 1.19 bits per heavy atom. The van der Waals surface area contributed by atoms with Crippen molar-refractivity contribution < 1.29 is 9.53 Å². The zero-order valence-corrected chi connectivity index (χ0v) is 12.3. The van der Waals surface area contributed by atoms with Crippen LogP contribution in [0.25, 0.3) is 0 Å². The van der Waals surface area contributed by atoms with Crippen molar-refractivity contribution in [3.8, 4) is 5.75 Å². The van der Waals surface area contributed by atoms with Gasteiger partial charge in [0.1, 0.15) is 12.4 Å². The van der Waals surface area contributed by atoms with Crippen molar-refractivity contribution >= 4 is 23.2 Å². The maximum Gasteiger partial charge on any atom is 0.228 e. The van der Waals surface area contributed by atoms with Crippen LogP contribution in [0.1, 0.15) is 5.56 Å². The number of carbonyl (C=O) groups excluding carboxylic acids is 1. The summed E-state index contributed by atoms with van der Waals surface area (Å²) >= 11 is 6.06. The molecule has 0 unspecified atom stereocenters. The number of ether oxygens (including phenoxy) is 1. The molecule has 2 rings (SSSR count). The molecule has 0 saturated heterocycles. The van der Waals surface area contributed by atoms with Gasteiger partial charge in [-0.2, -0.15) is 0 Å². The van der Waals surface area contributed by atoms with Crippen LogP contribution >= 0.6 is 11.6 Å². The highest BCUT2D eigenvalue weighted by atomic mass is 35.5. The summed E-state index contributed by atoms with van der Waals surface area (Å²) < 4.78 is 5.50. The molecule has 0 spiro atoms. The first-order valence-corrected chi connectivity index (χ1v) is 6.94. The van der Waals surface area contributed by atoms with E-state index in [4.69, 9.17) is 16.3 Å². The van der Waals surface area contributed by atoms with E-state index in [1.165, 1.54) is 0 Å². The van der Waals surface area contributed by atoms with Crippen LogP contribution < -0.4 is 10.1 Å². The Morgan fingerprint density at radius 2 is 1.90 bits per heavy atom. The normalized spacial score (nSPS) is 9.95. The summed E-state index contributed by atoms with van der Waals surface area (Å²) in [5.74, 6) is 0.475. The highest BCUT2D eigenvalue weighted by molar-refractivity contribution is 6.31. The second-order valence-corrected chi connectivity index (χ2v) is 4.82. The molecule has 0 heterocycles. The highest BCUT2D eigenvalue weighted by Crippen LogP contribution is 2.24. The molecule has 0 aliphatic heterocycles. The quantitative estimate of drug-likeness (QED) is 0.816. The van der Waals surface area contributed by atoms with Gasteiger partial charge >= 0.3 is 0 Å². The Morgan fingerprint density at radius 3 is 2.67 bits per heavy atom. The van der Waals surface area contributed by atoms with Crippen molar-refractivity contribution in [2.75, 3.05) is 11.9 Å². The number of hydrogen-bond acceptors (Lipinski definition) is 2. The van der Waals surface area contributed by atoms with Crippen LogP contribution in [0, 0.1) is 0 Å². The van der Waals surface area contributed by atoms with Crippen molar-refractivity contribution in [1.29, 1.82) is 0 Å². The molecule has 4 heteroatoms. The molecule has 108 valence electrons. The molecule has 1 amide bonds. The minimum Gasteiger partial charge on any atom is -0.487 e. The molecule has 0 saturated carbocycles. The summed E-state index contributed by atoms with van der Waals surface area (Å²) in [5, 5.41) is 3.43. The van der Waals surface area contributed by atoms with E-state index in [1.54, 1.807) is 24.3 Å². The summed E-state index contributed by atoms with van der Waals surface area (Å²) in [6, 6.07) is 14.6. The van der Waals surface area contributed by atoms with Crippen molar-refractivity contribution in [3.05, 3.63) is 71.8 Å². The van der Waals surface area contributed by atoms with Gasteiger partial charge in [-0.25, -0.2) is 0 Å². The molecule has 0 bridgehead atoms. The molecule has 1 N–H and O–H groups in total. The third-order valence-corrected chi connectivity index (χ3v) is 3.20. The lowest BCUT2D eigenvalue weighted by atomic mass is 10.1. The number of amides is 1. The van der Waals surface area contributed by atoms with E-state index in [0.717, 1.165) is 5.56 Å². The Bertz CT molecular complexity index is 640. The molecule has 0 radical (unpaired) electrons. The van der Waals surface area contributed by atoms with Gasteiger partial charge in [-0.15, -0.1) is 0 Å². The van der Waals surface area contributed by atoms with Crippen molar-refractivity contribution in [2.24, 2.45) is 0 Å². The maximum atomic E-state index is 12.1. The number of benzene rings is 2. The predicted octanol–water partition coefficient (Wildman–Crippen LogP) is 4.09. The van der Waals surface area contributed by atoms with Gasteiger partial charge in [-0.05, 0) is 23.8 Å². The van der Waals surface area contributed by atoms with Crippen LogP contribution in [0.15, 0.2) is 61.2 Å². The van der Waals surface area contributed by atoms with E-state index in [2.05, 4.69) is 11.9 Å². The van der Waals surface area contributed by atoms with E-state index in [1.807, 2.05) is 30.3 Å². The maximum absolute atomic E-state index is 12.1. The highest BCUT2D eigenvalue weighted by Gasteiger charge is 2.09. The van der Waals surface area contributed by atoms with Crippen LogP contribution in [-0.4, -0.2) is 12.5 Å². The molecule has 0 aromatic heterocycles. The van der Waals surface area contributed by atoms with E-state index in [9.17, 15) is 4.79 Å². The molecule has 3 nitrogen and oxygen atoms in total. The molecule has 0 aliphatic carbocycles. The van der Waals surface area contributed by atoms with Gasteiger partial charge in [-0.1, -0.05) is 54.6 Å². The van der Waals surface area contributed by atoms with Crippen LogP contribution in [0.2, 0.25) is 5.02 Å². The Labute approximate surface area is 129 Å². The monoisotopic (exact) mass is 301 g/mol. The molecule has 0 atom stereocenters. The zero-order valence-electron chi connectivity index (χ0n) is 11.5. The van der Waals surface area contributed by atoms with Crippen LogP contribution in [0.3, 0.4) is 0 Å². The van der Waals surface area contributed by atoms with Gasteiger partial charge in [0, 0.05) is 5.02 Å². The summed E-state index contributed by atoms with van der Waals surface area (Å²) in [6.07, 6.45) is 1.87. The van der Waals surface area contributed by atoms with E-state index >= 15 is 0 Å². The fourth-order valence-corrected chi connectivity index (χ4v) is 2.06. The van der Waals surface area contributed by atoms with E-state index < -0.39 is 0 Å². The number of nitrogens with one attached hydrogen (secondary N) is 1. The lowest BCUT2D eigenvalue weighted by molar-refractivity contribution is -0.115. The van der Waals surface area contributed by atoms with Gasteiger partial charge in [0.25, 0.3) is 0 Å². The Hall–Kier alpha value is -2.26. The van der Waals surface area contributed by atoms with Gasteiger partial charge in [0.05, 0.1) is 12.1 Å². The number of rotatable bonds is 6. The number of anilines is 1. The van der Waals surface area contributed by atoms with Crippen molar-refractivity contribution in [2.45, 2.75) is 6.42 Å². The standard InChI is InChI=1S/C17H16ClNO2/c1-2-11-21-16-10-6-5-9-15(16)19-17(20)12-13-7-3-4-8-14(13)18/h2-10H,1,11-12H2,(H,19,20). The summed E-state index contributed by atoms with van der Waals surface area (Å²) in [6.45, 7) is 3.99. The third kappa shape index (κ3) is 4.36. The van der Waals surface area contributed by atoms with Gasteiger partial charge < -0.3 is 10.1 Å². The van der Waals surface area contributed by atoms with Gasteiger partial charge in [0.15, 0.2) is 0 Å². The topological polar surface area (TPSA) is 38.3 Å². The van der Waals surface area contributed by atoms with E-state index in [0.29, 0.717) is 23.1 Å². The van der Waals surface area contributed by atoms with Crippen LogP contribution in [0.4, 0.5) is 5.69 Å². The van der Waals surface area contributed by atoms with Crippen molar-refractivity contribution in [1.82, 2.24) is 0 Å². The second kappa shape index (κ2) is 7.50. The first-order valence-electron chi connectivity index (χ1n) is 6.56. The molecule has 21 heavy (non-hydrogen) atoms. The fraction of sp³-hybridized carbons (Fsp3) is 0.118. The lowest BCUT2D eigenvalue weighted by Crippen LogP contribution is -2.15. The zero-order chi connectivity index (χ0) is 15.1. The number of carbonyl (C=O) groups is 1. The molecule has 2 aromatic rings. The SMILES string of the molecule is C=CCOc1ccccc1NC(=O)Cc1ccccc1Cl. The van der Waals surface area contributed by atoms with Gasteiger partial charge in [-0.3, -0.25) is 4.79 Å². The lowest BCUT2D eigenvalue weighted by Gasteiger charge is -2.11. The first kappa shape index (κ1) is 15.1. The Kier molecular flexibility index (Phi) is 5.41. The fourth-order valence-electron chi connectivity index (χ4n) is 1.85. The minimum atomic E-state index is -0.141. The average Bonchev–Trinajstić information content (AvgIpc) is 2.49. The molecule has 0 aliphatic rings.